The quantitative estimate of drug-likeness (QED) is 0.653. The molecule has 2 aromatic rings. The van der Waals surface area contributed by atoms with Gasteiger partial charge in [-0.2, -0.15) is 0 Å². The smallest absolute Gasteiger partial charge is 0.108 e. The van der Waals surface area contributed by atoms with E-state index in [1.165, 1.54) is 42.8 Å². The molecule has 1 heterocycles. The molecule has 0 saturated carbocycles. The van der Waals surface area contributed by atoms with E-state index in [-0.39, 0.29) is 0 Å². The highest BCUT2D eigenvalue weighted by atomic mass is 15.0. The summed E-state index contributed by atoms with van der Waals surface area (Å²) in [5.74, 6) is 1.24. The zero-order valence-corrected chi connectivity index (χ0v) is 12.8. The van der Waals surface area contributed by atoms with Gasteiger partial charge in [-0.3, -0.25) is 0 Å². The van der Waals surface area contributed by atoms with Crippen molar-refractivity contribution in [3.63, 3.8) is 0 Å². The molecule has 20 heavy (non-hydrogen) atoms. The molecule has 0 unspecified atom stereocenters. The van der Waals surface area contributed by atoms with Crippen molar-refractivity contribution in [3.05, 3.63) is 53.6 Å². The number of imidazole rings is 1. The van der Waals surface area contributed by atoms with Gasteiger partial charge in [0.25, 0.3) is 0 Å². The summed E-state index contributed by atoms with van der Waals surface area (Å²) in [6.45, 7) is 2.24. The van der Waals surface area contributed by atoms with Crippen molar-refractivity contribution >= 4 is 0 Å². The summed E-state index contributed by atoms with van der Waals surface area (Å²) >= 11 is 0. The Morgan fingerprint density at radius 1 is 0.950 bits per heavy atom. The molecule has 2 heteroatoms. The lowest BCUT2D eigenvalue weighted by molar-refractivity contribution is 0.670. The standard InChI is InChI=1S/C18H26N2/c1-3-4-6-14-18-19-17(15-20(18)2)13-9-12-16-10-7-5-8-11-16/h5,7-8,10-11,15H,3-4,6,9,12-14H2,1-2H3. The first-order chi connectivity index (χ1) is 9.79. The van der Waals surface area contributed by atoms with Crippen LogP contribution in [0, 0.1) is 0 Å². The van der Waals surface area contributed by atoms with E-state index < -0.39 is 0 Å². The monoisotopic (exact) mass is 270 g/mol. The molecule has 0 spiro atoms. The molecular weight excluding hydrogens is 244 g/mol. The first kappa shape index (κ1) is 14.8. The second-order valence-corrected chi connectivity index (χ2v) is 5.56. The molecule has 0 bridgehead atoms. The van der Waals surface area contributed by atoms with Gasteiger partial charge in [0.1, 0.15) is 5.82 Å². The lowest BCUT2D eigenvalue weighted by atomic mass is 10.1. The van der Waals surface area contributed by atoms with Crippen LogP contribution in [0.1, 0.15) is 49.7 Å². The number of unbranched alkanes of at least 4 members (excludes halogenated alkanes) is 2. The van der Waals surface area contributed by atoms with Crippen LogP contribution < -0.4 is 0 Å². The Hall–Kier alpha value is -1.57. The van der Waals surface area contributed by atoms with Crippen LogP contribution >= 0.6 is 0 Å². The Morgan fingerprint density at radius 3 is 2.50 bits per heavy atom. The van der Waals surface area contributed by atoms with E-state index in [1.807, 2.05) is 0 Å². The zero-order valence-electron chi connectivity index (χ0n) is 12.8. The average Bonchev–Trinajstić information content (AvgIpc) is 2.81. The topological polar surface area (TPSA) is 17.8 Å². The van der Waals surface area contributed by atoms with Gasteiger partial charge in [-0.1, -0.05) is 50.1 Å². The van der Waals surface area contributed by atoms with Gasteiger partial charge < -0.3 is 4.57 Å². The SMILES string of the molecule is CCCCCc1nc(CCCc2ccccc2)cn1C. The third-order valence-electron chi connectivity index (χ3n) is 3.77. The van der Waals surface area contributed by atoms with E-state index in [0.717, 1.165) is 19.3 Å². The minimum atomic E-state index is 1.08. The van der Waals surface area contributed by atoms with E-state index in [9.17, 15) is 0 Å². The molecule has 0 atom stereocenters. The Balaban J connectivity index is 1.80. The fourth-order valence-electron chi connectivity index (χ4n) is 2.58. The second kappa shape index (κ2) is 7.88. The van der Waals surface area contributed by atoms with Crippen LogP contribution in [0.5, 0.6) is 0 Å². The molecule has 0 saturated heterocycles. The summed E-state index contributed by atoms with van der Waals surface area (Å²) in [7, 11) is 2.12. The number of aryl methyl sites for hydroxylation is 4. The molecule has 0 aliphatic carbocycles. The molecule has 0 radical (unpaired) electrons. The molecule has 1 aromatic carbocycles. The highest BCUT2D eigenvalue weighted by Crippen LogP contribution is 2.10. The van der Waals surface area contributed by atoms with E-state index >= 15 is 0 Å². The van der Waals surface area contributed by atoms with Crippen LogP contribution in [0.15, 0.2) is 36.5 Å². The summed E-state index contributed by atoms with van der Waals surface area (Å²) in [5, 5.41) is 0. The predicted molar refractivity (Wildman–Crippen MR) is 84.9 cm³/mol. The maximum Gasteiger partial charge on any atom is 0.108 e. The normalized spacial score (nSPS) is 10.9. The molecule has 1 aromatic heterocycles. The van der Waals surface area contributed by atoms with Crippen LogP contribution in [0.4, 0.5) is 0 Å². The molecule has 0 N–H and O–H groups in total. The number of aromatic nitrogens is 2. The van der Waals surface area contributed by atoms with E-state index in [1.54, 1.807) is 0 Å². The average molecular weight is 270 g/mol. The molecule has 108 valence electrons. The summed E-state index contributed by atoms with van der Waals surface area (Å²) in [5.41, 5.74) is 2.67. The lowest BCUT2D eigenvalue weighted by Gasteiger charge is -1.99. The lowest BCUT2D eigenvalue weighted by Crippen LogP contribution is -1.96. The van der Waals surface area contributed by atoms with Crippen LogP contribution in [0.2, 0.25) is 0 Å². The van der Waals surface area contributed by atoms with Crippen molar-refractivity contribution in [3.8, 4) is 0 Å². The first-order valence-electron chi connectivity index (χ1n) is 7.84. The maximum absolute atomic E-state index is 4.78. The van der Waals surface area contributed by atoms with Gasteiger partial charge >= 0.3 is 0 Å². The molecule has 0 amide bonds. The summed E-state index contributed by atoms with van der Waals surface area (Å²) in [4.78, 5) is 4.78. The Morgan fingerprint density at radius 2 is 1.75 bits per heavy atom. The minimum absolute atomic E-state index is 1.08. The maximum atomic E-state index is 4.78. The van der Waals surface area contributed by atoms with Gasteiger partial charge in [-0.15, -0.1) is 0 Å². The zero-order chi connectivity index (χ0) is 14.2. The fourth-order valence-corrected chi connectivity index (χ4v) is 2.58. The third-order valence-corrected chi connectivity index (χ3v) is 3.77. The highest BCUT2D eigenvalue weighted by Gasteiger charge is 2.05. The number of hydrogen-bond donors (Lipinski definition) is 0. The predicted octanol–water partition coefficient (Wildman–Crippen LogP) is 4.33. The van der Waals surface area contributed by atoms with Crippen LogP contribution in [-0.2, 0) is 26.3 Å². The van der Waals surface area contributed by atoms with Crippen molar-refractivity contribution in [1.82, 2.24) is 9.55 Å². The van der Waals surface area contributed by atoms with Crippen molar-refractivity contribution in [2.45, 2.75) is 51.9 Å². The Kier molecular flexibility index (Phi) is 5.85. The number of benzene rings is 1. The van der Waals surface area contributed by atoms with Crippen molar-refractivity contribution in [2.24, 2.45) is 7.05 Å². The number of rotatable bonds is 8. The van der Waals surface area contributed by atoms with Crippen LogP contribution in [-0.4, -0.2) is 9.55 Å². The summed E-state index contributed by atoms with van der Waals surface area (Å²) < 4.78 is 2.20. The molecular formula is C18H26N2. The van der Waals surface area contributed by atoms with Crippen molar-refractivity contribution in [2.75, 3.05) is 0 Å². The van der Waals surface area contributed by atoms with Gasteiger partial charge in [0.15, 0.2) is 0 Å². The van der Waals surface area contributed by atoms with Gasteiger partial charge in [0, 0.05) is 19.7 Å². The van der Waals surface area contributed by atoms with E-state index in [0.29, 0.717) is 0 Å². The van der Waals surface area contributed by atoms with Gasteiger partial charge in [0.05, 0.1) is 5.69 Å². The Bertz CT molecular complexity index is 499. The molecule has 2 nitrogen and oxygen atoms in total. The van der Waals surface area contributed by atoms with Gasteiger partial charge in [-0.25, -0.2) is 4.98 Å². The van der Waals surface area contributed by atoms with E-state index in [2.05, 4.69) is 55.1 Å². The molecule has 2 rings (SSSR count). The first-order valence-corrected chi connectivity index (χ1v) is 7.84. The molecule has 0 aliphatic heterocycles. The Labute approximate surface area is 122 Å². The largest absolute Gasteiger partial charge is 0.338 e. The van der Waals surface area contributed by atoms with Gasteiger partial charge in [-0.05, 0) is 31.2 Å². The fraction of sp³-hybridized carbons (Fsp3) is 0.500. The van der Waals surface area contributed by atoms with Crippen LogP contribution in [0.25, 0.3) is 0 Å². The third kappa shape index (κ3) is 4.52. The minimum Gasteiger partial charge on any atom is -0.338 e. The van der Waals surface area contributed by atoms with Crippen molar-refractivity contribution < 1.29 is 0 Å². The molecule has 0 fully saturated rings. The summed E-state index contributed by atoms with van der Waals surface area (Å²) in [6.07, 6.45) is 10.5. The summed E-state index contributed by atoms with van der Waals surface area (Å²) in [6, 6.07) is 10.7. The molecule has 0 aliphatic rings. The second-order valence-electron chi connectivity index (χ2n) is 5.56. The number of nitrogens with zero attached hydrogens (tertiary/aromatic N) is 2. The van der Waals surface area contributed by atoms with Gasteiger partial charge in [0.2, 0.25) is 0 Å². The highest BCUT2D eigenvalue weighted by molar-refractivity contribution is 5.15. The number of hydrogen-bond acceptors (Lipinski definition) is 1. The van der Waals surface area contributed by atoms with Crippen molar-refractivity contribution in [1.29, 1.82) is 0 Å². The van der Waals surface area contributed by atoms with Crippen LogP contribution in [0.3, 0.4) is 0 Å². The van der Waals surface area contributed by atoms with E-state index in [4.69, 9.17) is 4.98 Å².